The van der Waals surface area contributed by atoms with Crippen molar-refractivity contribution >= 4 is 16.7 Å². The number of carbonyl (C=O) groups excluding carboxylic acids is 1. The van der Waals surface area contributed by atoms with E-state index < -0.39 is 0 Å². The first-order valence-electron chi connectivity index (χ1n) is 6.05. The van der Waals surface area contributed by atoms with Gasteiger partial charge in [0.05, 0.1) is 0 Å². The summed E-state index contributed by atoms with van der Waals surface area (Å²) in [5, 5.41) is 3.98. The van der Waals surface area contributed by atoms with Crippen LogP contribution < -0.4 is 5.32 Å². The number of hydrogen-bond acceptors (Lipinski definition) is 1. The number of fused-ring (bicyclic) bond motifs is 1. The summed E-state index contributed by atoms with van der Waals surface area (Å²) in [5.74, 6) is -0.0634. The number of rotatable bonds is 3. The Morgan fingerprint density at radius 1 is 1.17 bits per heavy atom. The summed E-state index contributed by atoms with van der Waals surface area (Å²) in [6.07, 6.45) is 0. The zero-order chi connectivity index (χ0) is 13.1. The normalized spacial score (nSPS) is 10.9. The lowest BCUT2D eigenvalue weighted by Crippen LogP contribution is -2.27. The lowest BCUT2D eigenvalue weighted by Gasteiger charge is -2.10. The monoisotopic (exact) mass is 245 g/mol. The quantitative estimate of drug-likeness (QED) is 0.882. The molecule has 0 spiro atoms. The van der Waals surface area contributed by atoms with E-state index >= 15 is 0 Å². The molecule has 94 valence electrons. The molecular formula is C15H16FNO. The number of carbonyl (C=O) groups is 1. The Morgan fingerprint density at radius 3 is 2.50 bits per heavy atom. The van der Waals surface area contributed by atoms with Gasteiger partial charge in [0, 0.05) is 17.5 Å². The molecule has 0 atom stereocenters. The number of nitrogens with one attached hydrogen (secondary N) is 1. The lowest BCUT2D eigenvalue weighted by atomic mass is 10.0. The molecule has 0 unspecified atom stereocenters. The van der Waals surface area contributed by atoms with E-state index in [0.29, 0.717) is 28.8 Å². The third kappa shape index (κ3) is 2.50. The molecule has 0 radical (unpaired) electrons. The molecule has 0 saturated carbocycles. The van der Waals surface area contributed by atoms with Crippen molar-refractivity contribution in [1.29, 1.82) is 0 Å². The minimum atomic E-state index is -0.300. The summed E-state index contributed by atoms with van der Waals surface area (Å²) >= 11 is 0. The van der Waals surface area contributed by atoms with Gasteiger partial charge >= 0.3 is 0 Å². The first kappa shape index (κ1) is 12.6. The molecule has 0 aliphatic heterocycles. The molecular weight excluding hydrogens is 229 g/mol. The fourth-order valence-corrected chi connectivity index (χ4v) is 1.85. The molecule has 3 heteroatoms. The van der Waals surface area contributed by atoms with Crippen molar-refractivity contribution in [1.82, 2.24) is 5.32 Å². The fourth-order valence-electron chi connectivity index (χ4n) is 1.85. The topological polar surface area (TPSA) is 29.1 Å². The Kier molecular flexibility index (Phi) is 3.60. The Labute approximate surface area is 106 Å². The Hall–Kier alpha value is -1.90. The summed E-state index contributed by atoms with van der Waals surface area (Å²) in [4.78, 5) is 12.0. The van der Waals surface area contributed by atoms with E-state index in [9.17, 15) is 9.18 Å². The van der Waals surface area contributed by atoms with Crippen molar-refractivity contribution in [2.75, 3.05) is 6.54 Å². The maximum absolute atomic E-state index is 13.6. The van der Waals surface area contributed by atoms with E-state index in [-0.39, 0.29) is 11.7 Å². The van der Waals surface area contributed by atoms with Gasteiger partial charge in [-0.2, -0.15) is 0 Å². The van der Waals surface area contributed by atoms with Crippen LogP contribution in [0.25, 0.3) is 10.8 Å². The summed E-state index contributed by atoms with van der Waals surface area (Å²) < 4.78 is 13.6. The van der Waals surface area contributed by atoms with Crippen LogP contribution in [0, 0.1) is 11.7 Å². The summed E-state index contributed by atoms with van der Waals surface area (Å²) in [6, 6.07) is 9.90. The predicted molar refractivity (Wildman–Crippen MR) is 71.1 cm³/mol. The SMILES string of the molecule is CC(C)CNC(=O)c1ccc(F)c2ccccc12. The predicted octanol–water partition coefficient (Wildman–Crippen LogP) is 3.36. The molecule has 0 aromatic heterocycles. The molecule has 2 aromatic carbocycles. The van der Waals surface area contributed by atoms with Crippen LogP contribution in [0.15, 0.2) is 36.4 Å². The van der Waals surface area contributed by atoms with Gasteiger partial charge in [0.2, 0.25) is 0 Å². The minimum Gasteiger partial charge on any atom is -0.352 e. The van der Waals surface area contributed by atoms with Crippen LogP contribution in [0.1, 0.15) is 24.2 Å². The number of halogens is 1. The van der Waals surface area contributed by atoms with Crippen molar-refractivity contribution in [3.05, 3.63) is 47.8 Å². The van der Waals surface area contributed by atoms with E-state index in [4.69, 9.17) is 0 Å². The molecule has 0 aliphatic carbocycles. The van der Waals surface area contributed by atoms with Crippen LogP contribution in [-0.4, -0.2) is 12.5 Å². The molecule has 0 aliphatic rings. The first-order chi connectivity index (χ1) is 8.59. The molecule has 0 bridgehead atoms. The average Bonchev–Trinajstić information content (AvgIpc) is 2.37. The standard InChI is InChI=1S/C15H16FNO/c1-10(2)9-17-15(18)13-7-8-14(16)12-6-4-3-5-11(12)13/h3-8,10H,9H2,1-2H3,(H,17,18). The first-order valence-corrected chi connectivity index (χ1v) is 6.05. The second-order valence-corrected chi connectivity index (χ2v) is 4.74. The van der Waals surface area contributed by atoms with E-state index in [0.717, 1.165) is 0 Å². The summed E-state index contributed by atoms with van der Waals surface area (Å²) in [7, 11) is 0. The average molecular weight is 245 g/mol. The van der Waals surface area contributed by atoms with Crippen LogP contribution in [-0.2, 0) is 0 Å². The largest absolute Gasteiger partial charge is 0.352 e. The molecule has 2 rings (SSSR count). The van der Waals surface area contributed by atoms with Gasteiger partial charge in [-0.1, -0.05) is 38.1 Å². The van der Waals surface area contributed by atoms with Gasteiger partial charge in [-0.25, -0.2) is 4.39 Å². The number of benzene rings is 2. The van der Waals surface area contributed by atoms with Gasteiger partial charge < -0.3 is 5.32 Å². The van der Waals surface area contributed by atoms with Crippen molar-refractivity contribution in [2.24, 2.45) is 5.92 Å². The Bertz CT molecular complexity index is 578. The second-order valence-electron chi connectivity index (χ2n) is 4.74. The van der Waals surface area contributed by atoms with Gasteiger partial charge in [0.25, 0.3) is 5.91 Å². The van der Waals surface area contributed by atoms with Crippen molar-refractivity contribution in [3.8, 4) is 0 Å². The molecule has 0 heterocycles. The van der Waals surface area contributed by atoms with E-state index in [1.807, 2.05) is 13.8 Å². The smallest absolute Gasteiger partial charge is 0.251 e. The summed E-state index contributed by atoms with van der Waals surface area (Å²) in [5.41, 5.74) is 0.521. The zero-order valence-electron chi connectivity index (χ0n) is 10.5. The third-order valence-electron chi connectivity index (χ3n) is 2.79. The third-order valence-corrected chi connectivity index (χ3v) is 2.79. The molecule has 18 heavy (non-hydrogen) atoms. The van der Waals surface area contributed by atoms with E-state index in [1.54, 1.807) is 24.3 Å². The number of hydrogen-bond donors (Lipinski definition) is 1. The van der Waals surface area contributed by atoms with Crippen LogP contribution in [0.4, 0.5) is 4.39 Å². The Morgan fingerprint density at radius 2 is 1.83 bits per heavy atom. The highest BCUT2D eigenvalue weighted by Crippen LogP contribution is 2.21. The molecule has 1 amide bonds. The van der Waals surface area contributed by atoms with Crippen LogP contribution in [0.3, 0.4) is 0 Å². The van der Waals surface area contributed by atoms with Crippen LogP contribution in [0.2, 0.25) is 0 Å². The van der Waals surface area contributed by atoms with Gasteiger partial charge in [-0.15, -0.1) is 0 Å². The van der Waals surface area contributed by atoms with Crippen molar-refractivity contribution < 1.29 is 9.18 Å². The number of amides is 1. The molecule has 0 fully saturated rings. The summed E-state index contributed by atoms with van der Waals surface area (Å²) in [6.45, 7) is 4.68. The van der Waals surface area contributed by atoms with Gasteiger partial charge in [-0.05, 0) is 23.4 Å². The highest BCUT2D eigenvalue weighted by molar-refractivity contribution is 6.07. The second kappa shape index (κ2) is 5.17. The van der Waals surface area contributed by atoms with Crippen LogP contribution in [0.5, 0.6) is 0 Å². The maximum Gasteiger partial charge on any atom is 0.251 e. The Balaban J connectivity index is 2.39. The van der Waals surface area contributed by atoms with E-state index in [1.165, 1.54) is 12.1 Å². The molecule has 2 nitrogen and oxygen atoms in total. The highest BCUT2D eigenvalue weighted by atomic mass is 19.1. The fraction of sp³-hybridized carbons (Fsp3) is 0.267. The molecule has 1 N–H and O–H groups in total. The maximum atomic E-state index is 13.6. The molecule has 0 saturated heterocycles. The van der Waals surface area contributed by atoms with E-state index in [2.05, 4.69) is 5.32 Å². The highest BCUT2D eigenvalue weighted by Gasteiger charge is 2.12. The lowest BCUT2D eigenvalue weighted by molar-refractivity contribution is 0.0950. The van der Waals surface area contributed by atoms with Crippen molar-refractivity contribution in [2.45, 2.75) is 13.8 Å². The molecule has 2 aromatic rings. The minimum absolute atomic E-state index is 0.153. The van der Waals surface area contributed by atoms with Crippen LogP contribution >= 0.6 is 0 Å². The van der Waals surface area contributed by atoms with Gasteiger partial charge in [0.15, 0.2) is 0 Å². The van der Waals surface area contributed by atoms with Gasteiger partial charge in [0.1, 0.15) is 5.82 Å². The van der Waals surface area contributed by atoms with Gasteiger partial charge in [-0.3, -0.25) is 4.79 Å². The van der Waals surface area contributed by atoms with Crippen molar-refractivity contribution in [3.63, 3.8) is 0 Å². The zero-order valence-corrected chi connectivity index (χ0v) is 10.5.